The van der Waals surface area contributed by atoms with Gasteiger partial charge in [-0.15, -0.1) is 0 Å². The molecule has 1 amide bonds. The van der Waals surface area contributed by atoms with Crippen molar-refractivity contribution in [2.45, 2.75) is 26.7 Å². The highest BCUT2D eigenvalue weighted by atomic mass is 16.1. The Kier molecular flexibility index (Phi) is 2.95. The number of hydrogen-bond donors (Lipinski definition) is 2. The van der Waals surface area contributed by atoms with Crippen LogP contribution in [0.5, 0.6) is 0 Å². The normalized spacial score (nSPS) is 18.4. The Morgan fingerprint density at radius 2 is 2.00 bits per heavy atom. The highest BCUT2D eigenvalue weighted by molar-refractivity contribution is 6.01. The molecule has 0 aliphatic carbocycles. The molecule has 1 aliphatic heterocycles. The molecule has 0 fully saturated rings. The van der Waals surface area contributed by atoms with Crippen LogP contribution in [-0.2, 0) is 4.79 Å². The number of carbonyl (C=O) groups excluding carboxylic acids is 1. The van der Waals surface area contributed by atoms with Crippen LogP contribution in [0.25, 0.3) is 6.08 Å². The van der Waals surface area contributed by atoms with Crippen LogP contribution in [0.15, 0.2) is 35.2 Å². The van der Waals surface area contributed by atoms with Gasteiger partial charge in [-0.05, 0) is 36.6 Å². The predicted octanol–water partition coefficient (Wildman–Crippen LogP) is 2.60. The number of H-pyrrole nitrogens is 1. The summed E-state index contributed by atoms with van der Waals surface area (Å²) in [5.74, 6) is 0.0529. The van der Waals surface area contributed by atoms with Gasteiger partial charge in [0.15, 0.2) is 0 Å². The van der Waals surface area contributed by atoms with E-state index in [0.29, 0.717) is 0 Å². The number of aromatic nitrogens is 1. The van der Waals surface area contributed by atoms with Gasteiger partial charge in [0.25, 0.3) is 5.91 Å². The molecule has 84 valence electrons. The molecule has 2 N–H and O–H groups in total. The van der Waals surface area contributed by atoms with Crippen LogP contribution < -0.4 is 5.32 Å². The molecule has 16 heavy (non-hydrogen) atoms. The van der Waals surface area contributed by atoms with Crippen molar-refractivity contribution in [2.24, 2.45) is 0 Å². The van der Waals surface area contributed by atoms with E-state index < -0.39 is 0 Å². The van der Waals surface area contributed by atoms with Gasteiger partial charge in [0, 0.05) is 23.2 Å². The van der Waals surface area contributed by atoms with Gasteiger partial charge in [0.1, 0.15) is 0 Å². The topological polar surface area (TPSA) is 44.9 Å². The van der Waals surface area contributed by atoms with Crippen LogP contribution in [0.2, 0.25) is 0 Å². The largest absolute Gasteiger partial charge is 0.362 e. The lowest BCUT2D eigenvalue weighted by Crippen LogP contribution is -2.16. The average Bonchev–Trinajstić information content (AvgIpc) is 2.86. The Balaban J connectivity index is 2.38. The molecule has 0 aromatic carbocycles. The number of amides is 1. The van der Waals surface area contributed by atoms with Gasteiger partial charge in [-0.1, -0.05) is 13.8 Å². The zero-order chi connectivity index (χ0) is 11.5. The quantitative estimate of drug-likeness (QED) is 0.801. The van der Waals surface area contributed by atoms with E-state index in [1.54, 1.807) is 0 Å². The maximum absolute atomic E-state index is 11.7. The van der Waals surface area contributed by atoms with E-state index in [9.17, 15) is 4.79 Å². The summed E-state index contributed by atoms with van der Waals surface area (Å²) in [6.07, 6.45) is 5.53. The third kappa shape index (κ3) is 1.81. The van der Waals surface area contributed by atoms with Crippen LogP contribution >= 0.6 is 0 Å². The minimum absolute atomic E-state index is 0.0529. The standard InChI is InChI=1S/C13H16N2O/c1-3-10-11(4-2)13(16)15-12(10)8-9-6-5-7-14-9/h5-8,14H,3-4H2,1-2H3,(H,15,16)/b12-8-. The fourth-order valence-corrected chi connectivity index (χ4v) is 2.06. The van der Waals surface area contributed by atoms with Crippen LogP contribution in [0.4, 0.5) is 0 Å². The van der Waals surface area contributed by atoms with Crippen LogP contribution in [0, 0.1) is 0 Å². The van der Waals surface area contributed by atoms with Crippen molar-refractivity contribution in [2.75, 3.05) is 0 Å². The minimum Gasteiger partial charge on any atom is -0.362 e. The second-order valence-electron chi connectivity index (χ2n) is 3.80. The van der Waals surface area contributed by atoms with Gasteiger partial charge < -0.3 is 10.3 Å². The van der Waals surface area contributed by atoms with Crippen molar-refractivity contribution in [3.63, 3.8) is 0 Å². The molecule has 0 atom stereocenters. The van der Waals surface area contributed by atoms with E-state index in [4.69, 9.17) is 0 Å². The highest BCUT2D eigenvalue weighted by Gasteiger charge is 2.24. The van der Waals surface area contributed by atoms with E-state index in [0.717, 1.165) is 35.4 Å². The van der Waals surface area contributed by atoms with E-state index in [-0.39, 0.29) is 5.91 Å². The molecule has 0 radical (unpaired) electrons. The molecule has 1 aromatic rings. The molecule has 0 spiro atoms. The molecule has 0 saturated carbocycles. The Hall–Kier alpha value is -1.77. The minimum atomic E-state index is 0.0529. The number of nitrogens with one attached hydrogen (secondary N) is 2. The summed E-state index contributed by atoms with van der Waals surface area (Å²) in [6, 6.07) is 3.93. The van der Waals surface area contributed by atoms with Gasteiger partial charge in [0.2, 0.25) is 0 Å². The maximum Gasteiger partial charge on any atom is 0.251 e. The third-order valence-electron chi connectivity index (χ3n) is 2.84. The lowest BCUT2D eigenvalue weighted by atomic mass is 10.0. The summed E-state index contributed by atoms with van der Waals surface area (Å²) in [7, 11) is 0. The van der Waals surface area contributed by atoms with E-state index in [1.807, 2.05) is 31.3 Å². The van der Waals surface area contributed by atoms with Crippen molar-refractivity contribution in [1.29, 1.82) is 0 Å². The van der Waals surface area contributed by atoms with Crippen molar-refractivity contribution in [1.82, 2.24) is 10.3 Å². The molecular formula is C13H16N2O. The third-order valence-corrected chi connectivity index (χ3v) is 2.84. The summed E-state index contributed by atoms with van der Waals surface area (Å²) in [6.45, 7) is 4.09. The maximum atomic E-state index is 11.7. The second-order valence-corrected chi connectivity index (χ2v) is 3.80. The molecule has 0 saturated heterocycles. The van der Waals surface area contributed by atoms with Crippen molar-refractivity contribution in [3.05, 3.63) is 40.9 Å². The summed E-state index contributed by atoms with van der Waals surface area (Å²) >= 11 is 0. The Morgan fingerprint density at radius 3 is 2.56 bits per heavy atom. The first-order valence-electron chi connectivity index (χ1n) is 5.65. The van der Waals surface area contributed by atoms with Crippen LogP contribution in [-0.4, -0.2) is 10.9 Å². The molecule has 0 bridgehead atoms. The monoisotopic (exact) mass is 216 g/mol. The summed E-state index contributed by atoms with van der Waals surface area (Å²) in [5, 5.41) is 2.92. The van der Waals surface area contributed by atoms with Crippen molar-refractivity contribution >= 4 is 12.0 Å². The first-order chi connectivity index (χ1) is 7.76. The second kappa shape index (κ2) is 4.39. The van der Waals surface area contributed by atoms with Crippen molar-refractivity contribution in [3.8, 4) is 0 Å². The number of aromatic amines is 1. The molecular weight excluding hydrogens is 200 g/mol. The fourth-order valence-electron chi connectivity index (χ4n) is 2.06. The summed E-state index contributed by atoms with van der Waals surface area (Å²) in [4.78, 5) is 14.8. The SMILES string of the molecule is CCC1=C(CC)/C(=C/c2ccc[nH]2)NC1=O. The number of carbonyl (C=O) groups is 1. The lowest BCUT2D eigenvalue weighted by Gasteiger charge is -2.02. The Bertz CT molecular complexity index is 452. The van der Waals surface area contributed by atoms with Crippen molar-refractivity contribution < 1.29 is 4.79 Å². The Morgan fingerprint density at radius 1 is 1.25 bits per heavy atom. The number of hydrogen-bond acceptors (Lipinski definition) is 1. The zero-order valence-corrected chi connectivity index (χ0v) is 9.63. The van der Waals surface area contributed by atoms with Gasteiger partial charge in [0.05, 0.1) is 0 Å². The van der Waals surface area contributed by atoms with Gasteiger partial charge in [-0.2, -0.15) is 0 Å². The number of allylic oxidation sites excluding steroid dienone is 1. The Labute approximate surface area is 95.3 Å². The van der Waals surface area contributed by atoms with Crippen LogP contribution in [0.1, 0.15) is 32.4 Å². The smallest absolute Gasteiger partial charge is 0.251 e. The van der Waals surface area contributed by atoms with E-state index in [2.05, 4.69) is 17.2 Å². The summed E-state index contributed by atoms with van der Waals surface area (Å²) in [5.41, 5.74) is 4.01. The van der Waals surface area contributed by atoms with Crippen LogP contribution in [0.3, 0.4) is 0 Å². The zero-order valence-electron chi connectivity index (χ0n) is 9.63. The molecule has 3 heteroatoms. The van der Waals surface area contributed by atoms with Gasteiger partial charge >= 0.3 is 0 Å². The molecule has 1 aromatic heterocycles. The predicted molar refractivity (Wildman–Crippen MR) is 64.5 cm³/mol. The van der Waals surface area contributed by atoms with Gasteiger partial charge in [-0.25, -0.2) is 0 Å². The molecule has 2 heterocycles. The highest BCUT2D eigenvalue weighted by Crippen LogP contribution is 2.26. The molecule has 1 aliphatic rings. The first-order valence-corrected chi connectivity index (χ1v) is 5.65. The number of rotatable bonds is 3. The molecule has 2 rings (SSSR count). The van der Waals surface area contributed by atoms with E-state index in [1.165, 1.54) is 0 Å². The molecule has 0 unspecified atom stereocenters. The lowest BCUT2D eigenvalue weighted by molar-refractivity contribution is -0.116. The summed E-state index contributed by atoms with van der Waals surface area (Å²) < 4.78 is 0. The molecule has 3 nitrogen and oxygen atoms in total. The average molecular weight is 216 g/mol. The fraction of sp³-hybridized carbons (Fsp3) is 0.308. The van der Waals surface area contributed by atoms with Gasteiger partial charge in [-0.3, -0.25) is 4.79 Å². The first kappa shape index (κ1) is 10.7. The van der Waals surface area contributed by atoms with E-state index >= 15 is 0 Å².